The van der Waals surface area contributed by atoms with Gasteiger partial charge in [-0.2, -0.15) is 10.2 Å². The Hall–Kier alpha value is -2.78. The molecule has 1 aliphatic carbocycles. The molecule has 150 valence electrons. The number of carbonyl (C=O) groups is 1. The van der Waals surface area contributed by atoms with Crippen LogP contribution in [0, 0.1) is 0 Å². The highest BCUT2D eigenvalue weighted by Crippen LogP contribution is 2.29. The molecule has 0 aromatic carbocycles. The van der Waals surface area contributed by atoms with Crippen LogP contribution >= 0.6 is 11.3 Å². The number of thiophene rings is 1. The van der Waals surface area contributed by atoms with Crippen molar-refractivity contribution in [2.75, 3.05) is 6.54 Å². The maximum Gasteiger partial charge on any atom is 0.261 e. The molecule has 5 rings (SSSR count). The highest BCUT2D eigenvalue weighted by atomic mass is 32.1. The second-order valence-electron chi connectivity index (χ2n) is 7.64. The van der Waals surface area contributed by atoms with Crippen molar-refractivity contribution in [2.45, 2.75) is 43.7 Å². The van der Waals surface area contributed by atoms with Crippen molar-refractivity contribution in [2.24, 2.45) is 5.10 Å². The number of nitrogens with zero attached hydrogens (tertiary/aromatic N) is 4. The maximum absolute atomic E-state index is 12.6. The van der Waals surface area contributed by atoms with Gasteiger partial charge in [0, 0.05) is 42.7 Å². The molecule has 3 aromatic heterocycles. The molecule has 9 heteroatoms. The largest absolute Gasteiger partial charge is 0.393 e. The van der Waals surface area contributed by atoms with Gasteiger partial charge in [0.2, 0.25) is 0 Å². The zero-order chi connectivity index (χ0) is 19.8. The summed E-state index contributed by atoms with van der Waals surface area (Å²) in [5.74, 6) is 0.152. The number of carbonyl (C=O) groups excluding carboxylic acids is 1. The summed E-state index contributed by atoms with van der Waals surface area (Å²) in [7, 11) is 0. The molecule has 1 saturated carbocycles. The minimum Gasteiger partial charge on any atom is -0.393 e. The van der Waals surface area contributed by atoms with Crippen LogP contribution in [0.25, 0.3) is 16.8 Å². The van der Waals surface area contributed by atoms with Crippen LogP contribution in [0.1, 0.15) is 46.8 Å². The maximum atomic E-state index is 12.6. The molecule has 2 aliphatic rings. The predicted molar refractivity (Wildman–Crippen MR) is 111 cm³/mol. The second kappa shape index (κ2) is 7.57. The molecule has 0 bridgehead atoms. The van der Waals surface area contributed by atoms with E-state index in [0.29, 0.717) is 4.88 Å². The van der Waals surface area contributed by atoms with E-state index < -0.39 is 0 Å². The van der Waals surface area contributed by atoms with Gasteiger partial charge in [-0.25, -0.2) is 9.50 Å². The first-order chi connectivity index (χ1) is 14.2. The number of fused-ring (bicyclic) bond motifs is 1. The Kier molecular flexibility index (Phi) is 4.76. The summed E-state index contributed by atoms with van der Waals surface area (Å²) >= 11 is 1.43. The highest BCUT2D eigenvalue weighted by molar-refractivity contribution is 7.12. The molecule has 29 heavy (non-hydrogen) atoms. The number of aliphatic hydroxyl groups is 1. The molecule has 4 heterocycles. The van der Waals surface area contributed by atoms with Crippen molar-refractivity contribution in [1.29, 1.82) is 0 Å². The lowest BCUT2D eigenvalue weighted by Crippen LogP contribution is -2.38. The summed E-state index contributed by atoms with van der Waals surface area (Å²) in [4.78, 5) is 17.9. The Bertz CT molecular complexity index is 1070. The molecule has 1 unspecified atom stereocenters. The zero-order valence-corrected chi connectivity index (χ0v) is 16.6. The lowest BCUT2D eigenvalue weighted by molar-refractivity contribution is 0.0871. The van der Waals surface area contributed by atoms with Crippen LogP contribution in [0.5, 0.6) is 0 Å². The molecule has 8 nitrogen and oxygen atoms in total. The van der Waals surface area contributed by atoms with E-state index in [-0.39, 0.29) is 24.0 Å². The van der Waals surface area contributed by atoms with Crippen LogP contribution in [0.2, 0.25) is 0 Å². The second-order valence-corrected chi connectivity index (χ2v) is 8.55. The zero-order valence-electron chi connectivity index (χ0n) is 15.8. The summed E-state index contributed by atoms with van der Waals surface area (Å²) in [6.07, 6.45) is 10.4. The molecule has 0 radical (unpaired) electrons. The molecule has 1 fully saturated rings. The minimum absolute atomic E-state index is 0.0534. The van der Waals surface area contributed by atoms with Gasteiger partial charge < -0.3 is 15.8 Å². The number of aromatic nitrogens is 3. The fraction of sp³-hybridized carbons (Fsp3) is 0.400. The van der Waals surface area contributed by atoms with Crippen LogP contribution in [0.3, 0.4) is 0 Å². The van der Waals surface area contributed by atoms with Gasteiger partial charge in [-0.05, 0) is 48.3 Å². The van der Waals surface area contributed by atoms with Crippen LogP contribution in [-0.4, -0.2) is 50.5 Å². The fourth-order valence-electron chi connectivity index (χ4n) is 3.91. The van der Waals surface area contributed by atoms with Crippen LogP contribution in [0.15, 0.2) is 35.1 Å². The van der Waals surface area contributed by atoms with Crippen molar-refractivity contribution in [3.63, 3.8) is 0 Å². The molecule has 1 atom stereocenters. The Morgan fingerprint density at radius 1 is 1.28 bits per heavy atom. The van der Waals surface area contributed by atoms with Crippen molar-refractivity contribution in [3.8, 4) is 11.1 Å². The lowest BCUT2D eigenvalue weighted by Gasteiger charge is -2.25. The van der Waals surface area contributed by atoms with Crippen LogP contribution in [0.4, 0.5) is 0 Å². The number of hydrogen-bond donors (Lipinski definition) is 3. The Morgan fingerprint density at radius 3 is 2.93 bits per heavy atom. The first kappa shape index (κ1) is 18.3. The van der Waals surface area contributed by atoms with Gasteiger partial charge in [0.25, 0.3) is 5.91 Å². The third-order valence-electron chi connectivity index (χ3n) is 5.63. The van der Waals surface area contributed by atoms with E-state index in [1.54, 1.807) is 10.7 Å². The summed E-state index contributed by atoms with van der Waals surface area (Å²) in [6, 6.07) is 2.04. The average molecular weight is 411 g/mol. The number of hydrogen-bond acceptors (Lipinski definition) is 7. The van der Waals surface area contributed by atoms with Gasteiger partial charge in [0.05, 0.1) is 17.2 Å². The SMILES string of the molecule is O=C(NC1CCC(O)CC1)c1cc(-c2cnn3cc(C4C=NNC4)cnc23)cs1. The number of aliphatic hydroxyl groups excluding tert-OH is 1. The Morgan fingerprint density at radius 2 is 2.14 bits per heavy atom. The standard InChI is InChI=1S/C20H22N6O2S/c27-16-3-1-15(2-4-16)25-20(28)18-5-12(11-29-18)17-9-24-26-10-14(6-21-19(17)26)13-7-22-23-8-13/h5-7,9-11,13,15-16,23,27H,1-4,8H2,(H,25,28). The summed E-state index contributed by atoms with van der Waals surface area (Å²) < 4.78 is 1.78. The molecular formula is C20H22N6O2S. The summed E-state index contributed by atoms with van der Waals surface area (Å²) in [5, 5.41) is 23.2. The normalized spacial score (nSPS) is 24.0. The molecule has 1 amide bonds. The number of hydrazone groups is 1. The van der Waals surface area contributed by atoms with E-state index in [9.17, 15) is 9.90 Å². The van der Waals surface area contributed by atoms with Gasteiger partial charge in [0.1, 0.15) is 0 Å². The van der Waals surface area contributed by atoms with Gasteiger partial charge in [-0.1, -0.05) is 0 Å². The van der Waals surface area contributed by atoms with Gasteiger partial charge in [0.15, 0.2) is 5.65 Å². The monoisotopic (exact) mass is 410 g/mol. The first-order valence-corrected chi connectivity index (χ1v) is 10.7. The topological polar surface area (TPSA) is 104 Å². The first-order valence-electron chi connectivity index (χ1n) is 9.84. The van der Waals surface area contributed by atoms with Crippen LogP contribution in [-0.2, 0) is 0 Å². The Balaban J connectivity index is 1.34. The third-order valence-corrected chi connectivity index (χ3v) is 6.56. The van der Waals surface area contributed by atoms with E-state index >= 15 is 0 Å². The molecule has 1 aliphatic heterocycles. The van der Waals surface area contributed by atoms with Crippen molar-refractivity contribution < 1.29 is 9.90 Å². The van der Waals surface area contributed by atoms with Crippen molar-refractivity contribution in [1.82, 2.24) is 25.3 Å². The quantitative estimate of drug-likeness (QED) is 0.612. The average Bonchev–Trinajstić information content (AvgIpc) is 3.49. The molecule has 3 aromatic rings. The molecular weight excluding hydrogens is 388 g/mol. The molecule has 0 saturated heterocycles. The summed E-state index contributed by atoms with van der Waals surface area (Å²) in [6.45, 7) is 0.768. The van der Waals surface area contributed by atoms with Crippen molar-refractivity contribution >= 4 is 29.1 Å². The van der Waals surface area contributed by atoms with E-state index in [0.717, 1.165) is 54.6 Å². The smallest absolute Gasteiger partial charge is 0.261 e. The highest BCUT2D eigenvalue weighted by Gasteiger charge is 2.22. The van der Waals surface area contributed by atoms with Crippen LogP contribution < -0.4 is 10.7 Å². The minimum atomic E-state index is -0.225. The molecule has 0 spiro atoms. The van der Waals surface area contributed by atoms with Crippen molar-refractivity contribution in [3.05, 3.63) is 40.5 Å². The lowest BCUT2D eigenvalue weighted by atomic mass is 9.93. The molecule has 3 N–H and O–H groups in total. The number of nitrogens with one attached hydrogen (secondary N) is 2. The predicted octanol–water partition coefficient (Wildman–Crippen LogP) is 2.16. The number of amides is 1. The van der Waals surface area contributed by atoms with E-state index in [1.165, 1.54) is 11.3 Å². The van der Waals surface area contributed by atoms with Gasteiger partial charge in [-0.15, -0.1) is 11.3 Å². The third kappa shape index (κ3) is 3.63. The Labute approximate surface area is 171 Å². The fourth-order valence-corrected chi connectivity index (χ4v) is 4.72. The summed E-state index contributed by atoms with van der Waals surface area (Å²) in [5.41, 5.74) is 6.63. The van der Waals surface area contributed by atoms with Gasteiger partial charge in [-0.3, -0.25) is 4.79 Å². The van der Waals surface area contributed by atoms with E-state index in [4.69, 9.17) is 0 Å². The van der Waals surface area contributed by atoms with E-state index in [1.807, 2.05) is 30.1 Å². The van der Waals surface area contributed by atoms with E-state index in [2.05, 4.69) is 25.9 Å². The number of rotatable bonds is 4. The van der Waals surface area contributed by atoms with Gasteiger partial charge >= 0.3 is 0 Å².